The van der Waals surface area contributed by atoms with Crippen molar-refractivity contribution in [2.75, 3.05) is 55.7 Å². The van der Waals surface area contributed by atoms with Crippen molar-refractivity contribution in [3.05, 3.63) is 24.0 Å². The molecule has 3 N–H and O–H groups in total. The monoisotopic (exact) mass is 366 g/mol. The zero-order valence-corrected chi connectivity index (χ0v) is 14.4. The van der Waals surface area contributed by atoms with Crippen molar-refractivity contribution >= 4 is 23.4 Å². The first kappa shape index (κ1) is 18.4. The number of amides is 2. The molecule has 2 aliphatic rings. The Morgan fingerprint density at radius 2 is 2.04 bits per heavy atom. The highest BCUT2D eigenvalue weighted by Gasteiger charge is 2.32. The quantitative estimate of drug-likeness (QED) is 0.769. The van der Waals surface area contributed by atoms with Gasteiger partial charge in [0.25, 0.3) is 0 Å². The normalized spacial score (nSPS) is 20.5. The Morgan fingerprint density at radius 3 is 2.62 bits per heavy atom. The second-order valence-corrected chi connectivity index (χ2v) is 6.33. The van der Waals surface area contributed by atoms with E-state index in [-0.39, 0.29) is 31.6 Å². The molecule has 3 rings (SSSR count). The van der Waals surface area contributed by atoms with Gasteiger partial charge in [0, 0.05) is 39.1 Å². The Labute approximate surface area is 150 Å². The zero-order valence-electron chi connectivity index (χ0n) is 14.4. The van der Waals surface area contributed by atoms with E-state index in [4.69, 9.17) is 15.6 Å². The smallest absolute Gasteiger partial charge is 0.414 e. The van der Waals surface area contributed by atoms with Gasteiger partial charge >= 0.3 is 6.09 Å². The van der Waals surface area contributed by atoms with Crippen LogP contribution in [0.3, 0.4) is 0 Å². The number of aliphatic hydroxyl groups is 1. The number of anilines is 2. The van der Waals surface area contributed by atoms with Gasteiger partial charge in [0.1, 0.15) is 11.9 Å². The van der Waals surface area contributed by atoms with Gasteiger partial charge in [-0.3, -0.25) is 9.69 Å². The molecule has 0 aromatic heterocycles. The SMILES string of the molecule is NC[C@H]1CN(c2ccc(N3CCN(C(=O)CCO)CC3)c(F)c2)C(=O)O1. The van der Waals surface area contributed by atoms with Crippen LogP contribution in [0.4, 0.5) is 20.6 Å². The number of hydrogen-bond donors (Lipinski definition) is 2. The Morgan fingerprint density at radius 1 is 1.31 bits per heavy atom. The Bertz CT molecular complexity index is 679. The number of nitrogens with zero attached hydrogens (tertiary/aromatic N) is 3. The number of aliphatic hydroxyl groups excluding tert-OH is 1. The fourth-order valence-electron chi connectivity index (χ4n) is 3.23. The molecule has 2 amide bonds. The molecule has 0 saturated carbocycles. The third-order valence-corrected chi connectivity index (χ3v) is 4.68. The van der Waals surface area contributed by atoms with E-state index in [2.05, 4.69) is 0 Å². The lowest BCUT2D eigenvalue weighted by atomic mass is 10.2. The molecule has 9 heteroatoms. The number of hydrogen-bond acceptors (Lipinski definition) is 6. The summed E-state index contributed by atoms with van der Waals surface area (Å²) in [6.45, 7) is 2.34. The largest absolute Gasteiger partial charge is 0.443 e. The van der Waals surface area contributed by atoms with Gasteiger partial charge in [-0.1, -0.05) is 0 Å². The highest BCUT2D eigenvalue weighted by Crippen LogP contribution is 2.28. The number of rotatable bonds is 5. The van der Waals surface area contributed by atoms with E-state index in [1.807, 2.05) is 4.90 Å². The van der Waals surface area contributed by atoms with Gasteiger partial charge in [-0.15, -0.1) is 0 Å². The van der Waals surface area contributed by atoms with E-state index in [0.29, 0.717) is 44.1 Å². The molecular weight excluding hydrogens is 343 g/mol. The van der Waals surface area contributed by atoms with Crippen LogP contribution in [-0.2, 0) is 9.53 Å². The molecule has 0 bridgehead atoms. The Hall–Kier alpha value is -2.39. The number of nitrogens with two attached hydrogens (primary N) is 1. The third-order valence-electron chi connectivity index (χ3n) is 4.68. The van der Waals surface area contributed by atoms with Crippen LogP contribution in [0.15, 0.2) is 18.2 Å². The third kappa shape index (κ3) is 3.73. The second-order valence-electron chi connectivity index (χ2n) is 6.33. The number of piperazine rings is 1. The standard InChI is InChI=1S/C17H23FN4O4/c18-14-9-12(22-11-13(10-19)26-17(22)25)1-2-15(14)20-4-6-21(7-5-20)16(24)3-8-23/h1-2,9,13,23H,3-8,10-11,19H2/t13-/m0/s1. The molecule has 2 heterocycles. The van der Waals surface area contributed by atoms with E-state index < -0.39 is 11.9 Å². The molecular formula is C17H23FN4O4. The summed E-state index contributed by atoms with van der Waals surface area (Å²) in [5.74, 6) is -0.522. The minimum atomic E-state index is -0.524. The zero-order chi connectivity index (χ0) is 18.7. The molecule has 8 nitrogen and oxygen atoms in total. The molecule has 0 unspecified atom stereocenters. The molecule has 1 aromatic rings. The summed E-state index contributed by atoms with van der Waals surface area (Å²) in [7, 11) is 0. The molecule has 142 valence electrons. The summed E-state index contributed by atoms with van der Waals surface area (Å²) in [6.07, 6.45) is -0.794. The second kappa shape index (κ2) is 7.88. The lowest BCUT2D eigenvalue weighted by Gasteiger charge is -2.36. The maximum atomic E-state index is 14.6. The Kier molecular flexibility index (Phi) is 5.58. The fourth-order valence-corrected chi connectivity index (χ4v) is 3.23. The minimum Gasteiger partial charge on any atom is -0.443 e. The molecule has 0 spiro atoms. The predicted octanol–water partition coefficient (Wildman–Crippen LogP) is 0.141. The molecule has 0 radical (unpaired) electrons. The van der Waals surface area contributed by atoms with Crippen LogP contribution in [0.5, 0.6) is 0 Å². The van der Waals surface area contributed by atoms with Crippen molar-refractivity contribution in [2.24, 2.45) is 5.73 Å². The summed E-state index contributed by atoms with van der Waals surface area (Å²) in [6, 6.07) is 4.64. The molecule has 26 heavy (non-hydrogen) atoms. The van der Waals surface area contributed by atoms with Gasteiger partial charge in [0.05, 0.1) is 24.5 Å². The van der Waals surface area contributed by atoms with E-state index in [0.717, 1.165) is 0 Å². The van der Waals surface area contributed by atoms with Gasteiger partial charge in [0.15, 0.2) is 0 Å². The number of cyclic esters (lactones) is 1. The van der Waals surface area contributed by atoms with E-state index in [1.54, 1.807) is 17.0 Å². The van der Waals surface area contributed by atoms with Crippen LogP contribution >= 0.6 is 0 Å². The van der Waals surface area contributed by atoms with Crippen molar-refractivity contribution in [3.63, 3.8) is 0 Å². The molecule has 1 atom stereocenters. The first-order valence-electron chi connectivity index (χ1n) is 8.65. The van der Waals surface area contributed by atoms with Gasteiger partial charge < -0.3 is 25.4 Å². The van der Waals surface area contributed by atoms with Crippen LogP contribution in [0.1, 0.15) is 6.42 Å². The lowest BCUT2D eigenvalue weighted by Crippen LogP contribution is -2.49. The van der Waals surface area contributed by atoms with Crippen molar-refractivity contribution < 1.29 is 23.8 Å². The van der Waals surface area contributed by atoms with E-state index >= 15 is 0 Å². The van der Waals surface area contributed by atoms with Crippen LogP contribution in [0.2, 0.25) is 0 Å². The number of ether oxygens (including phenoxy) is 1. The highest BCUT2D eigenvalue weighted by atomic mass is 19.1. The minimum absolute atomic E-state index is 0.0926. The molecule has 2 aliphatic heterocycles. The van der Waals surface area contributed by atoms with Crippen LogP contribution in [0.25, 0.3) is 0 Å². The summed E-state index contributed by atoms with van der Waals surface area (Å²) in [5.41, 5.74) is 6.38. The van der Waals surface area contributed by atoms with Gasteiger partial charge in [-0.05, 0) is 18.2 Å². The number of halogens is 1. The number of carbonyl (C=O) groups is 2. The summed E-state index contributed by atoms with van der Waals surface area (Å²) in [4.78, 5) is 28.6. The lowest BCUT2D eigenvalue weighted by molar-refractivity contribution is -0.132. The Balaban J connectivity index is 1.66. The first-order chi connectivity index (χ1) is 12.5. The van der Waals surface area contributed by atoms with Crippen LogP contribution < -0.4 is 15.5 Å². The average Bonchev–Trinajstić information content (AvgIpc) is 3.03. The molecule has 0 aliphatic carbocycles. The average molecular weight is 366 g/mol. The van der Waals surface area contributed by atoms with Gasteiger partial charge in [-0.2, -0.15) is 0 Å². The topological polar surface area (TPSA) is 99.3 Å². The van der Waals surface area contributed by atoms with Crippen molar-refractivity contribution in [2.45, 2.75) is 12.5 Å². The number of carbonyl (C=O) groups excluding carboxylic acids is 2. The maximum Gasteiger partial charge on any atom is 0.414 e. The summed E-state index contributed by atoms with van der Waals surface area (Å²) < 4.78 is 19.7. The fraction of sp³-hybridized carbons (Fsp3) is 0.529. The molecule has 2 fully saturated rings. The molecule has 1 aromatic carbocycles. The van der Waals surface area contributed by atoms with Crippen molar-refractivity contribution in [3.8, 4) is 0 Å². The summed E-state index contributed by atoms with van der Waals surface area (Å²) >= 11 is 0. The molecule has 2 saturated heterocycles. The first-order valence-corrected chi connectivity index (χ1v) is 8.65. The number of benzene rings is 1. The highest BCUT2D eigenvalue weighted by molar-refractivity contribution is 5.90. The van der Waals surface area contributed by atoms with Crippen molar-refractivity contribution in [1.82, 2.24) is 4.90 Å². The predicted molar refractivity (Wildman–Crippen MR) is 93.6 cm³/mol. The van der Waals surface area contributed by atoms with E-state index in [9.17, 15) is 14.0 Å². The van der Waals surface area contributed by atoms with E-state index in [1.165, 1.54) is 11.0 Å². The van der Waals surface area contributed by atoms with Gasteiger partial charge in [-0.25, -0.2) is 9.18 Å². The van der Waals surface area contributed by atoms with Crippen molar-refractivity contribution in [1.29, 1.82) is 0 Å². The maximum absolute atomic E-state index is 14.6. The summed E-state index contributed by atoms with van der Waals surface area (Å²) in [5, 5.41) is 8.85. The van der Waals surface area contributed by atoms with Gasteiger partial charge in [0.2, 0.25) is 5.91 Å². The van der Waals surface area contributed by atoms with Crippen LogP contribution in [0, 0.1) is 5.82 Å². The van der Waals surface area contributed by atoms with Crippen LogP contribution in [-0.4, -0.2) is 74.0 Å².